The maximum atomic E-state index is 5.72. The fourth-order valence-corrected chi connectivity index (χ4v) is 2.94. The van der Waals surface area contributed by atoms with E-state index in [0.717, 1.165) is 19.4 Å². The Kier molecular flexibility index (Phi) is 4.32. The lowest BCUT2D eigenvalue weighted by atomic mass is 9.79. The van der Waals surface area contributed by atoms with Gasteiger partial charge in [-0.3, -0.25) is 4.98 Å². The summed E-state index contributed by atoms with van der Waals surface area (Å²) in [5.74, 6) is 0. The molecule has 0 bridgehead atoms. The first-order chi connectivity index (χ1) is 10.3. The average molecular weight is 282 g/mol. The molecule has 1 aliphatic carbocycles. The molecule has 1 heterocycles. The minimum atomic E-state index is 0.0278. The number of ether oxygens (including phenoxy) is 1. The van der Waals surface area contributed by atoms with Crippen molar-refractivity contribution in [1.82, 2.24) is 10.3 Å². The standard InChI is InChI=1S/C18H22N2O/c1-21-18(10-5-11-18)14-20-17(15-6-3-2-4-7-15)16-8-12-19-13-9-16/h2-4,6-9,12-13,17,20H,5,10-11,14H2,1H3. The van der Waals surface area contributed by atoms with Gasteiger partial charge in [-0.05, 0) is 42.5 Å². The molecule has 2 aromatic rings. The van der Waals surface area contributed by atoms with Crippen LogP contribution in [-0.4, -0.2) is 24.2 Å². The van der Waals surface area contributed by atoms with E-state index in [-0.39, 0.29) is 11.6 Å². The largest absolute Gasteiger partial charge is 0.377 e. The van der Waals surface area contributed by atoms with Gasteiger partial charge in [0.25, 0.3) is 0 Å². The summed E-state index contributed by atoms with van der Waals surface area (Å²) in [5.41, 5.74) is 2.54. The van der Waals surface area contributed by atoms with Crippen LogP contribution < -0.4 is 5.32 Å². The number of nitrogens with one attached hydrogen (secondary N) is 1. The van der Waals surface area contributed by atoms with Crippen LogP contribution in [0.3, 0.4) is 0 Å². The Morgan fingerprint density at radius 2 is 1.76 bits per heavy atom. The number of hydrogen-bond acceptors (Lipinski definition) is 3. The van der Waals surface area contributed by atoms with Gasteiger partial charge in [0.1, 0.15) is 0 Å². The van der Waals surface area contributed by atoms with E-state index in [2.05, 4.69) is 52.8 Å². The van der Waals surface area contributed by atoms with Gasteiger partial charge in [-0.1, -0.05) is 30.3 Å². The highest BCUT2D eigenvalue weighted by molar-refractivity contribution is 5.30. The lowest BCUT2D eigenvalue weighted by Gasteiger charge is -2.41. The highest BCUT2D eigenvalue weighted by Crippen LogP contribution is 2.35. The summed E-state index contributed by atoms with van der Waals surface area (Å²) in [6.07, 6.45) is 7.26. The molecule has 3 nitrogen and oxygen atoms in total. The molecule has 1 atom stereocenters. The second kappa shape index (κ2) is 6.37. The Morgan fingerprint density at radius 1 is 1.10 bits per heavy atom. The first-order valence-corrected chi connectivity index (χ1v) is 7.56. The van der Waals surface area contributed by atoms with Gasteiger partial charge in [-0.2, -0.15) is 0 Å². The average Bonchev–Trinajstić information content (AvgIpc) is 2.52. The molecule has 1 saturated carbocycles. The summed E-state index contributed by atoms with van der Waals surface area (Å²) in [5, 5.41) is 3.69. The lowest BCUT2D eigenvalue weighted by molar-refractivity contribution is -0.0703. The molecule has 3 rings (SSSR count). The summed E-state index contributed by atoms with van der Waals surface area (Å²) < 4.78 is 5.72. The van der Waals surface area contributed by atoms with Crippen LogP contribution in [0.4, 0.5) is 0 Å². The Hall–Kier alpha value is -1.71. The maximum Gasteiger partial charge on any atom is 0.0802 e. The van der Waals surface area contributed by atoms with Crippen LogP contribution in [0.5, 0.6) is 0 Å². The summed E-state index contributed by atoms with van der Waals surface area (Å²) in [6, 6.07) is 14.9. The number of aromatic nitrogens is 1. The molecular weight excluding hydrogens is 260 g/mol. The van der Waals surface area contributed by atoms with Gasteiger partial charge in [0.05, 0.1) is 11.6 Å². The molecule has 0 amide bonds. The maximum absolute atomic E-state index is 5.72. The van der Waals surface area contributed by atoms with Gasteiger partial charge in [-0.15, -0.1) is 0 Å². The van der Waals surface area contributed by atoms with Crippen molar-refractivity contribution in [1.29, 1.82) is 0 Å². The van der Waals surface area contributed by atoms with Crippen molar-refractivity contribution >= 4 is 0 Å². The van der Waals surface area contributed by atoms with Crippen molar-refractivity contribution in [3.05, 3.63) is 66.0 Å². The van der Waals surface area contributed by atoms with Crippen molar-refractivity contribution in [2.24, 2.45) is 0 Å². The lowest BCUT2D eigenvalue weighted by Crippen LogP contribution is -2.48. The van der Waals surface area contributed by atoms with Gasteiger partial charge in [-0.25, -0.2) is 0 Å². The van der Waals surface area contributed by atoms with Gasteiger partial charge in [0, 0.05) is 26.0 Å². The second-order valence-electron chi connectivity index (χ2n) is 5.75. The van der Waals surface area contributed by atoms with E-state index in [0.29, 0.717) is 0 Å². The predicted molar refractivity (Wildman–Crippen MR) is 84.1 cm³/mol. The minimum Gasteiger partial charge on any atom is -0.377 e. The molecule has 0 spiro atoms. The Labute approximate surface area is 126 Å². The third kappa shape index (κ3) is 3.14. The highest BCUT2D eigenvalue weighted by Gasteiger charge is 2.37. The van der Waals surface area contributed by atoms with Crippen LogP contribution in [-0.2, 0) is 4.74 Å². The Bertz CT molecular complexity index is 507. The van der Waals surface area contributed by atoms with Crippen molar-refractivity contribution in [2.45, 2.75) is 30.9 Å². The third-order valence-corrected chi connectivity index (χ3v) is 4.50. The topological polar surface area (TPSA) is 34.1 Å². The predicted octanol–water partition coefficient (Wildman–Crippen LogP) is 3.33. The van der Waals surface area contributed by atoms with Crippen LogP contribution >= 0.6 is 0 Å². The van der Waals surface area contributed by atoms with Gasteiger partial charge >= 0.3 is 0 Å². The number of pyridine rings is 1. The van der Waals surface area contributed by atoms with E-state index < -0.39 is 0 Å². The Balaban J connectivity index is 1.80. The first kappa shape index (κ1) is 14.2. The SMILES string of the molecule is COC1(CNC(c2ccccc2)c2ccncc2)CCC1. The molecule has 0 saturated heterocycles. The van der Waals surface area contributed by atoms with Gasteiger partial charge in [0.15, 0.2) is 0 Å². The highest BCUT2D eigenvalue weighted by atomic mass is 16.5. The molecule has 1 N–H and O–H groups in total. The third-order valence-electron chi connectivity index (χ3n) is 4.50. The van der Waals surface area contributed by atoms with Crippen molar-refractivity contribution in [3.63, 3.8) is 0 Å². The van der Waals surface area contributed by atoms with Crippen molar-refractivity contribution in [2.75, 3.05) is 13.7 Å². The zero-order valence-corrected chi connectivity index (χ0v) is 12.5. The molecule has 1 aromatic heterocycles. The van der Waals surface area contributed by atoms with Crippen LogP contribution in [0.25, 0.3) is 0 Å². The number of methoxy groups -OCH3 is 1. The quantitative estimate of drug-likeness (QED) is 0.882. The number of nitrogens with zero attached hydrogens (tertiary/aromatic N) is 1. The zero-order chi connectivity index (χ0) is 14.5. The van der Waals surface area contributed by atoms with E-state index in [9.17, 15) is 0 Å². The van der Waals surface area contributed by atoms with Crippen LogP contribution in [0.2, 0.25) is 0 Å². The normalized spacial score (nSPS) is 18.0. The second-order valence-corrected chi connectivity index (χ2v) is 5.75. The van der Waals surface area contributed by atoms with Crippen LogP contribution in [0, 0.1) is 0 Å². The molecule has 110 valence electrons. The summed E-state index contributed by atoms with van der Waals surface area (Å²) in [4.78, 5) is 4.12. The fraction of sp³-hybridized carbons (Fsp3) is 0.389. The Morgan fingerprint density at radius 3 is 2.33 bits per heavy atom. The van der Waals surface area contributed by atoms with E-state index in [1.807, 2.05) is 19.5 Å². The molecule has 21 heavy (non-hydrogen) atoms. The molecule has 0 aliphatic heterocycles. The minimum absolute atomic E-state index is 0.0278. The molecule has 1 aromatic carbocycles. The smallest absolute Gasteiger partial charge is 0.0802 e. The van der Waals surface area contributed by atoms with Crippen molar-refractivity contribution in [3.8, 4) is 0 Å². The summed E-state index contributed by atoms with van der Waals surface area (Å²) >= 11 is 0. The van der Waals surface area contributed by atoms with Gasteiger partial charge < -0.3 is 10.1 Å². The van der Waals surface area contributed by atoms with Crippen LogP contribution in [0.15, 0.2) is 54.9 Å². The fourth-order valence-electron chi connectivity index (χ4n) is 2.94. The summed E-state index contributed by atoms with van der Waals surface area (Å²) in [6.45, 7) is 0.880. The monoisotopic (exact) mass is 282 g/mol. The van der Waals surface area contributed by atoms with E-state index >= 15 is 0 Å². The van der Waals surface area contributed by atoms with Gasteiger partial charge in [0.2, 0.25) is 0 Å². The number of hydrogen-bond donors (Lipinski definition) is 1. The van der Waals surface area contributed by atoms with Crippen molar-refractivity contribution < 1.29 is 4.74 Å². The molecule has 0 radical (unpaired) electrons. The molecule has 1 fully saturated rings. The molecule has 1 unspecified atom stereocenters. The van der Waals surface area contributed by atoms with E-state index in [1.54, 1.807) is 0 Å². The summed E-state index contributed by atoms with van der Waals surface area (Å²) in [7, 11) is 1.82. The number of rotatable bonds is 6. The van der Waals surface area contributed by atoms with Crippen LogP contribution in [0.1, 0.15) is 36.4 Å². The molecular formula is C18H22N2O. The number of benzene rings is 1. The first-order valence-electron chi connectivity index (χ1n) is 7.56. The zero-order valence-electron chi connectivity index (χ0n) is 12.5. The van der Waals surface area contributed by atoms with E-state index in [4.69, 9.17) is 4.74 Å². The van der Waals surface area contributed by atoms with E-state index in [1.165, 1.54) is 17.5 Å². The molecule has 3 heteroatoms. The molecule has 1 aliphatic rings.